The highest BCUT2D eigenvalue weighted by Crippen LogP contribution is 2.12. The van der Waals surface area contributed by atoms with Crippen molar-refractivity contribution < 1.29 is 14.6 Å². The smallest absolute Gasteiger partial charge is 0.119 e. The van der Waals surface area contributed by atoms with Crippen LogP contribution in [-0.2, 0) is 17.6 Å². The van der Waals surface area contributed by atoms with Gasteiger partial charge in [0.05, 0.1) is 19.8 Å². The van der Waals surface area contributed by atoms with Crippen LogP contribution in [0.2, 0.25) is 0 Å². The second-order valence-corrected chi connectivity index (χ2v) is 6.12. The summed E-state index contributed by atoms with van der Waals surface area (Å²) in [5.41, 5.74) is 2.57. The summed E-state index contributed by atoms with van der Waals surface area (Å²) in [5, 5.41) is 8.90. The lowest BCUT2D eigenvalue weighted by atomic mass is 10.1. The third-order valence-corrected chi connectivity index (χ3v) is 4.06. The molecule has 0 heterocycles. The molecule has 4 heteroatoms. The lowest BCUT2D eigenvalue weighted by Crippen LogP contribution is -2.24. The van der Waals surface area contributed by atoms with Crippen LogP contribution in [0.25, 0.3) is 0 Å². The first-order valence-corrected chi connectivity index (χ1v) is 8.91. The third-order valence-electron chi connectivity index (χ3n) is 4.06. The van der Waals surface area contributed by atoms with Crippen LogP contribution in [0.1, 0.15) is 11.1 Å². The molecular weight excluding hydrogens is 314 g/mol. The fourth-order valence-corrected chi connectivity index (χ4v) is 2.51. The SMILES string of the molecule is CN(CCO)CCc1ccc(OCCOCCc2ccccc2)cc1. The highest BCUT2D eigenvalue weighted by Gasteiger charge is 2.00. The monoisotopic (exact) mass is 343 g/mol. The molecule has 4 nitrogen and oxygen atoms in total. The van der Waals surface area contributed by atoms with E-state index in [-0.39, 0.29) is 6.61 Å². The van der Waals surface area contributed by atoms with Crippen LogP contribution < -0.4 is 4.74 Å². The molecule has 0 saturated heterocycles. The topological polar surface area (TPSA) is 41.9 Å². The van der Waals surface area contributed by atoms with Crippen molar-refractivity contribution in [1.29, 1.82) is 0 Å². The summed E-state index contributed by atoms with van der Waals surface area (Å²) in [6.07, 6.45) is 1.90. The number of hydrogen-bond acceptors (Lipinski definition) is 4. The van der Waals surface area contributed by atoms with E-state index in [1.807, 2.05) is 37.4 Å². The van der Waals surface area contributed by atoms with Gasteiger partial charge in [0.15, 0.2) is 0 Å². The van der Waals surface area contributed by atoms with Crippen LogP contribution in [0, 0.1) is 0 Å². The van der Waals surface area contributed by atoms with Crippen molar-refractivity contribution in [1.82, 2.24) is 4.90 Å². The van der Waals surface area contributed by atoms with E-state index in [1.165, 1.54) is 11.1 Å². The van der Waals surface area contributed by atoms with E-state index in [2.05, 4.69) is 29.2 Å². The van der Waals surface area contributed by atoms with Gasteiger partial charge in [0, 0.05) is 13.1 Å². The van der Waals surface area contributed by atoms with E-state index in [0.29, 0.717) is 26.4 Å². The molecule has 0 spiro atoms. The van der Waals surface area contributed by atoms with Crippen LogP contribution in [0.5, 0.6) is 5.75 Å². The van der Waals surface area contributed by atoms with Crippen LogP contribution in [0.3, 0.4) is 0 Å². The van der Waals surface area contributed by atoms with Crippen LogP contribution in [0.4, 0.5) is 0 Å². The van der Waals surface area contributed by atoms with Crippen LogP contribution >= 0.6 is 0 Å². The molecule has 1 N–H and O–H groups in total. The van der Waals surface area contributed by atoms with E-state index in [1.54, 1.807) is 0 Å². The van der Waals surface area contributed by atoms with Gasteiger partial charge in [0.25, 0.3) is 0 Å². The number of rotatable bonds is 12. The Bertz CT molecular complexity index is 571. The number of aliphatic hydroxyl groups is 1. The van der Waals surface area contributed by atoms with Gasteiger partial charge in [-0.25, -0.2) is 0 Å². The van der Waals surface area contributed by atoms with E-state index in [9.17, 15) is 0 Å². The predicted molar refractivity (Wildman–Crippen MR) is 101 cm³/mol. The molecule has 0 aliphatic rings. The van der Waals surface area contributed by atoms with Gasteiger partial charge in [-0.15, -0.1) is 0 Å². The molecule has 2 aromatic carbocycles. The van der Waals surface area contributed by atoms with Gasteiger partial charge in [0.2, 0.25) is 0 Å². The number of nitrogens with zero attached hydrogens (tertiary/aromatic N) is 1. The molecule has 25 heavy (non-hydrogen) atoms. The number of ether oxygens (including phenoxy) is 2. The highest BCUT2D eigenvalue weighted by molar-refractivity contribution is 5.27. The average Bonchev–Trinajstić information content (AvgIpc) is 2.65. The van der Waals surface area contributed by atoms with Gasteiger partial charge in [0.1, 0.15) is 12.4 Å². The zero-order chi connectivity index (χ0) is 17.7. The van der Waals surface area contributed by atoms with Crippen molar-refractivity contribution in [3.63, 3.8) is 0 Å². The van der Waals surface area contributed by atoms with Crippen molar-refractivity contribution in [2.24, 2.45) is 0 Å². The Labute approximate surface area is 151 Å². The summed E-state index contributed by atoms with van der Waals surface area (Å²) >= 11 is 0. The molecule has 0 bridgehead atoms. The molecule has 0 aliphatic carbocycles. The van der Waals surface area contributed by atoms with Crippen LogP contribution in [-0.4, -0.2) is 56.6 Å². The Morgan fingerprint density at radius 2 is 1.52 bits per heavy atom. The second kappa shape index (κ2) is 11.6. The van der Waals surface area contributed by atoms with Gasteiger partial charge in [-0.3, -0.25) is 0 Å². The average molecular weight is 343 g/mol. The molecule has 0 atom stereocenters. The lowest BCUT2D eigenvalue weighted by molar-refractivity contribution is 0.102. The maximum atomic E-state index is 8.90. The minimum absolute atomic E-state index is 0.205. The van der Waals surface area contributed by atoms with E-state index >= 15 is 0 Å². The normalized spacial score (nSPS) is 11.0. The number of likely N-dealkylation sites (N-methyl/N-ethyl adjacent to an activating group) is 1. The molecule has 0 aliphatic heterocycles. The third kappa shape index (κ3) is 8.16. The van der Waals surface area contributed by atoms with Gasteiger partial charge in [-0.1, -0.05) is 42.5 Å². The first kappa shape index (κ1) is 19.4. The van der Waals surface area contributed by atoms with Gasteiger partial charge < -0.3 is 19.5 Å². The molecule has 0 aromatic heterocycles. The van der Waals surface area contributed by atoms with Gasteiger partial charge in [-0.05, 0) is 43.1 Å². The number of aliphatic hydroxyl groups excluding tert-OH is 1. The van der Waals surface area contributed by atoms with Gasteiger partial charge >= 0.3 is 0 Å². The maximum absolute atomic E-state index is 8.90. The standard InChI is InChI=1S/C21H29NO3/c1-22(14-15-23)13-11-20-7-9-21(10-8-20)25-18-17-24-16-12-19-5-3-2-4-6-19/h2-10,23H,11-18H2,1H3. The summed E-state index contributed by atoms with van der Waals surface area (Å²) in [6, 6.07) is 18.6. The Kier molecular flexibility index (Phi) is 9.05. The van der Waals surface area contributed by atoms with Crippen LogP contribution in [0.15, 0.2) is 54.6 Å². The quantitative estimate of drug-likeness (QED) is 0.602. The fourth-order valence-electron chi connectivity index (χ4n) is 2.51. The zero-order valence-electron chi connectivity index (χ0n) is 15.1. The van der Waals surface area contributed by atoms with E-state index in [4.69, 9.17) is 14.6 Å². The molecule has 0 fully saturated rings. The van der Waals surface area contributed by atoms with Crippen molar-refractivity contribution in [3.8, 4) is 5.75 Å². The maximum Gasteiger partial charge on any atom is 0.119 e. The zero-order valence-corrected chi connectivity index (χ0v) is 15.1. The Balaban J connectivity index is 1.56. The Morgan fingerprint density at radius 3 is 2.24 bits per heavy atom. The largest absolute Gasteiger partial charge is 0.491 e. The summed E-state index contributed by atoms with van der Waals surface area (Å²) in [5.74, 6) is 0.874. The molecule has 2 aromatic rings. The molecule has 136 valence electrons. The van der Waals surface area contributed by atoms with Crippen molar-refractivity contribution in [3.05, 3.63) is 65.7 Å². The highest BCUT2D eigenvalue weighted by atomic mass is 16.5. The summed E-state index contributed by atoms with van der Waals surface area (Å²) < 4.78 is 11.3. The second-order valence-electron chi connectivity index (χ2n) is 6.12. The minimum Gasteiger partial charge on any atom is -0.491 e. The van der Waals surface area contributed by atoms with Crippen molar-refractivity contribution in [2.45, 2.75) is 12.8 Å². The number of benzene rings is 2. The fraction of sp³-hybridized carbons (Fsp3) is 0.429. The Morgan fingerprint density at radius 1 is 0.800 bits per heavy atom. The summed E-state index contributed by atoms with van der Waals surface area (Å²) in [7, 11) is 2.02. The van der Waals surface area contributed by atoms with Crippen molar-refractivity contribution >= 4 is 0 Å². The first-order chi connectivity index (χ1) is 12.3. The molecular formula is C21H29NO3. The summed E-state index contributed by atoms with van der Waals surface area (Å²) in [4.78, 5) is 2.12. The molecule has 0 radical (unpaired) electrons. The van der Waals surface area contributed by atoms with Crippen molar-refractivity contribution in [2.75, 3.05) is 46.6 Å². The Hall–Kier alpha value is -1.88. The first-order valence-electron chi connectivity index (χ1n) is 8.91. The molecule has 0 saturated carbocycles. The lowest BCUT2D eigenvalue weighted by Gasteiger charge is -2.14. The minimum atomic E-state index is 0.205. The van der Waals surface area contributed by atoms with Gasteiger partial charge in [-0.2, -0.15) is 0 Å². The summed E-state index contributed by atoms with van der Waals surface area (Å²) in [6.45, 7) is 3.74. The molecule has 2 rings (SSSR count). The number of hydrogen-bond donors (Lipinski definition) is 1. The molecule has 0 unspecified atom stereocenters. The van der Waals surface area contributed by atoms with E-state index < -0.39 is 0 Å². The predicted octanol–water partition coefficient (Wildman–Crippen LogP) is 2.79. The molecule has 0 amide bonds. The van der Waals surface area contributed by atoms with E-state index in [0.717, 1.165) is 25.1 Å².